The number of pyridine rings is 1. The standard InChI is InChI=1S/C21H18FN3O2S2/c1-13-20(21-24(2)19-15(22)5-4-6-16(19)28-21)29-17(25(13)12-18(26)27-3)11-14-7-9-23-10-8-14/h4-11H,1,12H2,2-3H3/b17-11-,21-20+. The predicted octanol–water partition coefficient (Wildman–Crippen LogP) is 4.67. The van der Waals surface area contributed by atoms with Gasteiger partial charge < -0.3 is 14.5 Å². The number of rotatable bonds is 3. The second-order valence-corrected chi connectivity index (χ2v) is 8.42. The molecule has 0 saturated carbocycles. The fraction of sp³-hybridized carbons (Fsp3) is 0.143. The van der Waals surface area contributed by atoms with E-state index in [9.17, 15) is 9.18 Å². The fourth-order valence-corrected chi connectivity index (χ4v) is 5.61. The van der Waals surface area contributed by atoms with Crippen molar-refractivity contribution in [3.8, 4) is 0 Å². The Kier molecular flexibility index (Phi) is 5.38. The van der Waals surface area contributed by atoms with Crippen molar-refractivity contribution in [1.82, 2.24) is 9.88 Å². The molecule has 0 N–H and O–H groups in total. The van der Waals surface area contributed by atoms with Gasteiger partial charge >= 0.3 is 5.97 Å². The number of fused-ring (bicyclic) bond motifs is 1. The normalized spacial score (nSPS) is 19.8. The summed E-state index contributed by atoms with van der Waals surface area (Å²) in [6.45, 7) is 4.26. The van der Waals surface area contributed by atoms with E-state index in [1.807, 2.05) is 41.1 Å². The Balaban J connectivity index is 1.75. The molecule has 1 aromatic heterocycles. The number of halogens is 1. The zero-order chi connectivity index (χ0) is 20.5. The lowest BCUT2D eigenvalue weighted by Crippen LogP contribution is -2.25. The molecule has 8 heteroatoms. The van der Waals surface area contributed by atoms with Gasteiger partial charge in [0.2, 0.25) is 0 Å². The molecule has 0 atom stereocenters. The molecule has 2 aliphatic rings. The van der Waals surface area contributed by atoms with E-state index in [-0.39, 0.29) is 18.3 Å². The van der Waals surface area contributed by atoms with Crippen LogP contribution in [-0.4, -0.2) is 36.6 Å². The minimum Gasteiger partial charge on any atom is -0.468 e. The van der Waals surface area contributed by atoms with Crippen LogP contribution in [0.15, 0.2) is 74.9 Å². The Labute approximate surface area is 176 Å². The third-order valence-corrected chi connectivity index (χ3v) is 7.09. The molecule has 5 nitrogen and oxygen atoms in total. The van der Waals surface area contributed by atoms with Crippen molar-refractivity contribution in [3.63, 3.8) is 0 Å². The number of hydrogen-bond acceptors (Lipinski definition) is 7. The highest BCUT2D eigenvalue weighted by atomic mass is 32.2. The van der Waals surface area contributed by atoms with Gasteiger partial charge in [-0.2, -0.15) is 0 Å². The molecule has 2 aliphatic heterocycles. The molecule has 4 rings (SSSR count). The number of ether oxygens (including phenoxy) is 1. The van der Waals surface area contributed by atoms with Crippen LogP contribution in [0, 0.1) is 5.82 Å². The summed E-state index contributed by atoms with van der Waals surface area (Å²) in [6, 6.07) is 8.84. The molecule has 1 saturated heterocycles. The number of methoxy groups -OCH3 is 1. The van der Waals surface area contributed by atoms with Gasteiger partial charge in [-0.1, -0.05) is 36.2 Å². The molecule has 3 heterocycles. The van der Waals surface area contributed by atoms with Crippen LogP contribution in [0.5, 0.6) is 0 Å². The van der Waals surface area contributed by atoms with Crippen molar-refractivity contribution in [2.75, 3.05) is 25.6 Å². The third-order valence-electron chi connectivity index (χ3n) is 4.56. The zero-order valence-electron chi connectivity index (χ0n) is 15.9. The van der Waals surface area contributed by atoms with E-state index in [4.69, 9.17) is 4.74 Å². The maximum Gasteiger partial charge on any atom is 0.325 e. The first-order valence-corrected chi connectivity index (χ1v) is 10.4. The van der Waals surface area contributed by atoms with Crippen LogP contribution in [0.2, 0.25) is 0 Å². The minimum atomic E-state index is -0.361. The summed E-state index contributed by atoms with van der Waals surface area (Å²) in [5, 5.41) is 1.73. The SMILES string of the molecule is C=C1/C(=C2\Sc3cccc(F)c3N2C)S/C(=C\c2ccncc2)N1CC(=O)OC. The molecule has 1 fully saturated rings. The third kappa shape index (κ3) is 3.65. The summed E-state index contributed by atoms with van der Waals surface area (Å²) in [5.41, 5.74) is 2.20. The number of aromatic nitrogens is 1. The Hall–Kier alpha value is -2.71. The first-order valence-electron chi connectivity index (χ1n) is 8.77. The second kappa shape index (κ2) is 7.96. The second-order valence-electron chi connectivity index (χ2n) is 6.36. The summed E-state index contributed by atoms with van der Waals surface area (Å²) in [7, 11) is 3.20. The van der Waals surface area contributed by atoms with Crippen LogP contribution >= 0.6 is 23.5 Å². The monoisotopic (exact) mass is 427 g/mol. The summed E-state index contributed by atoms with van der Waals surface area (Å²) in [5.74, 6) is -0.624. The van der Waals surface area contributed by atoms with E-state index >= 15 is 0 Å². The molecule has 0 bridgehead atoms. The summed E-state index contributed by atoms with van der Waals surface area (Å²) in [4.78, 5) is 21.4. The molecular weight excluding hydrogens is 409 g/mol. The number of para-hydroxylation sites is 1. The van der Waals surface area contributed by atoms with Crippen LogP contribution < -0.4 is 4.90 Å². The Morgan fingerprint density at radius 1 is 1.28 bits per heavy atom. The van der Waals surface area contributed by atoms with Crippen molar-refractivity contribution in [1.29, 1.82) is 0 Å². The topological polar surface area (TPSA) is 45.7 Å². The van der Waals surface area contributed by atoms with Crippen LogP contribution in [0.4, 0.5) is 10.1 Å². The molecular formula is C21H18FN3O2S2. The van der Waals surface area contributed by atoms with Gasteiger partial charge in [-0.15, -0.1) is 0 Å². The molecule has 0 unspecified atom stereocenters. The lowest BCUT2D eigenvalue weighted by molar-refractivity contribution is -0.140. The first kappa shape index (κ1) is 19.6. The van der Waals surface area contributed by atoms with Crippen molar-refractivity contribution in [2.45, 2.75) is 4.90 Å². The van der Waals surface area contributed by atoms with Gasteiger partial charge in [-0.3, -0.25) is 9.78 Å². The number of hydrogen-bond donors (Lipinski definition) is 0. The largest absolute Gasteiger partial charge is 0.468 e. The molecule has 148 valence electrons. The summed E-state index contributed by atoms with van der Waals surface area (Å²) < 4.78 is 19.2. The fourth-order valence-electron chi connectivity index (χ4n) is 3.09. The lowest BCUT2D eigenvalue weighted by Gasteiger charge is -2.19. The average molecular weight is 428 g/mol. The van der Waals surface area contributed by atoms with Gasteiger partial charge in [0, 0.05) is 24.3 Å². The highest BCUT2D eigenvalue weighted by Gasteiger charge is 2.36. The van der Waals surface area contributed by atoms with E-state index in [1.165, 1.54) is 36.7 Å². The highest BCUT2D eigenvalue weighted by Crippen LogP contribution is 2.54. The molecule has 0 radical (unpaired) electrons. The van der Waals surface area contributed by atoms with Crippen molar-refractivity contribution < 1.29 is 13.9 Å². The molecule has 1 aromatic carbocycles. The van der Waals surface area contributed by atoms with Gasteiger partial charge in [0.15, 0.2) is 0 Å². The first-order chi connectivity index (χ1) is 14.0. The predicted molar refractivity (Wildman–Crippen MR) is 115 cm³/mol. The number of thioether (sulfide) groups is 2. The van der Waals surface area contributed by atoms with Gasteiger partial charge in [0.05, 0.1) is 33.5 Å². The van der Waals surface area contributed by atoms with Gasteiger partial charge in [0.25, 0.3) is 0 Å². The average Bonchev–Trinajstić information content (AvgIpc) is 3.21. The van der Waals surface area contributed by atoms with Crippen molar-refractivity contribution in [3.05, 3.63) is 81.3 Å². The maximum atomic E-state index is 14.4. The quantitative estimate of drug-likeness (QED) is 0.660. The Morgan fingerprint density at radius 2 is 2.03 bits per heavy atom. The highest BCUT2D eigenvalue weighted by molar-refractivity contribution is 8.09. The Bertz CT molecular complexity index is 1050. The molecule has 0 amide bonds. The molecule has 0 aliphatic carbocycles. The van der Waals surface area contributed by atoms with Crippen LogP contribution in [0.3, 0.4) is 0 Å². The number of carbonyl (C=O) groups excluding carboxylic acids is 1. The van der Waals surface area contributed by atoms with E-state index in [2.05, 4.69) is 11.6 Å². The van der Waals surface area contributed by atoms with E-state index in [0.717, 1.165) is 25.4 Å². The lowest BCUT2D eigenvalue weighted by atomic mass is 10.2. The molecule has 2 aromatic rings. The van der Waals surface area contributed by atoms with Gasteiger partial charge in [0.1, 0.15) is 12.4 Å². The minimum absolute atomic E-state index is 0.0473. The molecule has 0 spiro atoms. The van der Waals surface area contributed by atoms with Crippen LogP contribution in [0.1, 0.15) is 5.56 Å². The van der Waals surface area contributed by atoms with E-state index < -0.39 is 0 Å². The maximum absolute atomic E-state index is 14.4. The number of carbonyl (C=O) groups is 1. The van der Waals surface area contributed by atoms with Gasteiger partial charge in [-0.25, -0.2) is 4.39 Å². The van der Waals surface area contributed by atoms with Crippen LogP contribution in [0.25, 0.3) is 6.08 Å². The molecule has 29 heavy (non-hydrogen) atoms. The number of benzene rings is 1. The summed E-state index contributed by atoms with van der Waals surface area (Å²) >= 11 is 3.00. The van der Waals surface area contributed by atoms with E-state index in [1.54, 1.807) is 18.5 Å². The smallest absolute Gasteiger partial charge is 0.325 e. The van der Waals surface area contributed by atoms with E-state index in [0.29, 0.717) is 11.4 Å². The van der Waals surface area contributed by atoms with Crippen LogP contribution in [-0.2, 0) is 9.53 Å². The summed E-state index contributed by atoms with van der Waals surface area (Å²) in [6.07, 6.45) is 5.40. The number of nitrogens with zero attached hydrogens (tertiary/aromatic N) is 3. The van der Waals surface area contributed by atoms with Crippen molar-refractivity contribution in [2.24, 2.45) is 0 Å². The zero-order valence-corrected chi connectivity index (χ0v) is 17.5. The number of esters is 1. The van der Waals surface area contributed by atoms with Gasteiger partial charge in [-0.05, 0) is 35.9 Å². The number of anilines is 1. The van der Waals surface area contributed by atoms with Crippen molar-refractivity contribution >= 4 is 41.3 Å². The Morgan fingerprint density at radius 3 is 2.72 bits per heavy atom.